The molecule has 0 aliphatic carbocycles. The molecule has 0 radical (unpaired) electrons. The van der Waals surface area contributed by atoms with E-state index in [0.717, 1.165) is 33.6 Å². The molecule has 2 aromatic heterocycles. The van der Waals surface area contributed by atoms with Crippen LogP contribution in [0.4, 0.5) is 17.1 Å². The molecule has 2 heterocycles. The quantitative estimate of drug-likeness (QED) is 0.195. The Hall–Kier alpha value is -5.90. The Balaban J connectivity index is 1.20. The molecule has 0 spiro atoms. The predicted octanol–water partition coefficient (Wildman–Crippen LogP) is 13.4. The second-order valence-electron chi connectivity index (χ2n) is 12.1. The highest BCUT2D eigenvalue weighted by molar-refractivity contribution is 7.26. The SMILES string of the molecule is c1ccc2c(-c3ccc(N(c4ccc5c(c4)oc4ccc6ccccc6c45)c4cccc5sc6ccccc6c45)cc3)cccc2c1. The molecule has 0 aliphatic rings. The molecule has 10 rings (SSSR count). The van der Waals surface area contributed by atoms with Crippen LogP contribution in [-0.2, 0) is 0 Å². The van der Waals surface area contributed by atoms with Crippen LogP contribution in [0.15, 0.2) is 168 Å². The van der Waals surface area contributed by atoms with E-state index in [-0.39, 0.29) is 0 Å². The molecule has 0 atom stereocenters. The van der Waals surface area contributed by atoms with E-state index in [1.165, 1.54) is 58.2 Å². The zero-order chi connectivity index (χ0) is 30.9. The molecule has 0 N–H and O–H groups in total. The summed E-state index contributed by atoms with van der Waals surface area (Å²) >= 11 is 1.85. The molecule has 0 fully saturated rings. The Labute approximate surface area is 275 Å². The zero-order valence-corrected chi connectivity index (χ0v) is 26.2. The monoisotopic (exact) mass is 617 g/mol. The van der Waals surface area contributed by atoms with Crippen LogP contribution >= 0.6 is 11.3 Å². The molecular weight excluding hydrogens is 591 g/mol. The van der Waals surface area contributed by atoms with Crippen molar-refractivity contribution in [3.05, 3.63) is 164 Å². The van der Waals surface area contributed by atoms with Crippen LogP contribution in [0.25, 0.3) is 74.8 Å². The number of benzene rings is 8. The lowest BCUT2D eigenvalue weighted by Crippen LogP contribution is -2.10. The molecule has 220 valence electrons. The van der Waals surface area contributed by atoms with Crippen LogP contribution in [0, 0.1) is 0 Å². The first-order valence-corrected chi connectivity index (χ1v) is 16.7. The fourth-order valence-electron chi connectivity index (χ4n) is 7.31. The number of hydrogen-bond acceptors (Lipinski definition) is 3. The summed E-state index contributed by atoms with van der Waals surface area (Å²) in [5.74, 6) is 0. The van der Waals surface area contributed by atoms with Crippen molar-refractivity contribution < 1.29 is 4.42 Å². The molecule has 8 aromatic carbocycles. The fourth-order valence-corrected chi connectivity index (χ4v) is 8.44. The van der Waals surface area contributed by atoms with Gasteiger partial charge in [0.25, 0.3) is 0 Å². The van der Waals surface area contributed by atoms with Crippen LogP contribution < -0.4 is 4.90 Å². The Morgan fingerprint density at radius 2 is 1.11 bits per heavy atom. The lowest BCUT2D eigenvalue weighted by atomic mass is 9.98. The van der Waals surface area contributed by atoms with Gasteiger partial charge in [-0.15, -0.1) is 11.3 Å². The minimum Gasteiger partial charge on any atom is -0.456 e. The van der Waals surface area contributed by atoms with Gasteiger partial charge in [-0.2, -0.15) is 0 Å². The van der Waals surface area contributed by atoms with E-state index in [2.05, 4.69) is 169 Å². The van der Waals surface area contributed by atoms with Crippen molar-refractivity contribution in [2.45, 2.75) is 0 Å². The first kappa shape index (κ1) is 26.3. The van der Waals surface area contributed by atoms with Gasteiger partial charge in [-0.25, -0.2) is 0 Å². The van der Waals surface area contributed by atoms with Gasteiger partial charge in [0.1, 0.15) is 11.2 Å². The van der Waals surface area contributed by atoms with Gasteiger partial charge in [0.05, 0.1) is 5.69 Å². The summed E-state index contributed by atoms with van der Waals surface area (Å²) in [5.41, 5.74) is 7.53. The summed E-state index contributed by atoms with van der Waals surface area (Å²) in [4.78, 5) is 2.39. The molecule has 47 heavy (non-hydrogen) atoms. The molecule has 3 heteroatoms. The highest BCUT2D eigenvalue weighted by Gasteiger charge is 2.20. The minimum atomic E-state index is 0.883. The van der Waals surface area contributed by atoms with Gasteiger partial charge in [-0.3, -0.25) is 0 Å². The van der Waals surface area contributed by atoms with Crippen LogP contribution in [0.1, 0.15) is 0 Å². The fraction of sp³-hybridized carbons (Fsp3) is 0. The molecule has 0 unspecified atom stereocenters. The number of nitrogens with zero attached hydrogens (tertiary/aromatic N) is 1. The highest BCUT2D eigenvalue weighted by atomic mass is 32.1. The number of furan rings is 1. The van der Waals surface area contributed by atoms with E-state index in [1.807, 2.05) is 11.3 Å². The molecule has 0 amide bonds. The zero-order valence-electron chi connectivity index (χ0n) is 25.4. The first-order chi connectivity index (χ1) is 23.3. The molecule has 0 bridgehead atoms. The van der Waals surface area contributed by atoms with Crippen LogP contribution in [0.5, 0.6) is 0 Å². The topological polar surface area (TPSA) is 16.4 Å². The van der Waals surface area contributed by atoms with Gasteiger partial charge in [0, 0.05) is 48.4 Å². The van der Waals surface area contributed by atoms with Crippen LogP contribution in [0.2, 0.25) is 0 Å². The summed E-state index contributed by atoms with van der Waals surface area (Å²) in [6.45, 7) is 0. The van der Waals surface area contributed by atoms with E-state index >= 15 is 0 Å². The van der Waals surface area contributed by atoms with Crippen molar-refractivity contribution in [3.8, 4) is 11.1 Å². The lowest BCUT2D eigenvalue weighted by molar-refractivity contribution is 0.669. The number of anilines is 3. The summed E-state index contributed by atoms with van der Waals surface area (Å²) in [6.07, 6.45) is 0. The predicted molar refractivity (Wildman–Crippen MR) is 202 cm³/mol. The van der Waals surface area contributed by atoms with Gasteiger partial charge in [0.15, 0.2) is 0 Å². The number of thiophene rings is 1. The van der Waals surface area contributed by atoms with Crippen LogP contribution in [-0.4, -0.2) is 0 Å². The third kappa shape index (κ3) is 4.10. The van der Waals surface area contributed by atoms with Crippen molar-refractivity contribution in [2.24, 2.45) is 0 Å². The maximum absolute atomic E-state index is 6.56. The maximum atomic E-state index is 6.56. The lowest BCUT2D eigenvalue weighted by Gasteiger charge is -2.26. The normalized spacial score (nSPS) is 11.8. The van der Waals surface area contributed by atoms with Crippen molar-refractivity contribution in [1.29, 1.82) is 0 Å². The standard InChI is InChI=1S/C44H27NOS/c1-3-12-33-28(9-1)11-7-15-34(33)30-19-22-31(23-20-30)45(38-16-8-18-42-44(38)37-14-5-6-17-41(37)47-42)32-24-25-36-40(27-32)46-39-26-21-29-10-2-4-13-35(29)43(36)39/h1-27H. The molecule has 0 saturated heterocycles. The Morgan fingerprint density at radius 3 is 1.98 bits per heavy atom. The van der Waals surface area contributed by atoms with Crippen molar-refractivity contribution in [1.82, 2.24) is 0 Å². The van der Waals surface area contributed by atoms with E-state index in [9.17, 15) is 0 Å². The van der Waals surface area contributed by atoms with Gasteiger partial charge >= 0.3 is 0 Å². The van der Waals surface area contributed by atoms with E-state index in [1.54, 1.807) is 0 Å². The first-order valence-electron chi connectivity index (χ1n) is 15.9. The van der Waals surface area contributed by atoms with Gasteiger partial charge < -0.3 is 9.32 Å². The van der Waals surface area contributed by atoms with Crippen molar-refractivity contribution >= 4 is 92.1 Å². The third-order valence-electron chi connectivity index (χ3n) is 9.45. The molecule has 0 aliphatic heterocycles. The highest BCUT2D eigenvalue weighted by Crippen LogP contribution is 2.46. The Morgan fingerprint density at radius 1 is 0.426 bits per heavy atom. The summed E-state index contributed by atoms with van der Waals surface area (Å²) < 4.78 is 9.13. The summed E-state index contributed by atoms with van der Waals surface area (Å²) in [7, 11) is 0. The van der Waals surface area contributed by atoms with Crippen LogP contribution in [0.3, 0.4) is 0 Å². The smallest absolute Gasteiger partial charge is 0.137 e. The molecular formula is C44H27NOS. The van der Waals surface area contributed by atoms with E-state index < -0.39 is 0 Å². The van der Waals surface area contributed by atoms with E-state index in [0.29, 0.717) is 0 Å². The molecule has 2 nitrogen and oxygen atoms in total. The second kappa shape index (κ2) is 10.3. The van der Waals surface area contributed by atoms with E-state index in [4.69, 9.17) is 4.42 Å². The third-order valence-corrected chi connectivity index (χ3v) is 10.6. The summed E-state index contributed by atoms with van der Waals surface area (Å²) in [6, 6.07) is 59.0. The average molecular weight is 618 g/mol. The Kier molecular flexibility index (Phi) is 5.78. The Bertz CT molecular complexity index is 2800. The summed E-state index contributed by atoms with van der Waals surface area (Å²) in [5, 5.41) is 9.78. The molecule has 10 aromatic rings. The maximum Gasteiger partial charge on any atom is 0.137 e. The van der Waals surface area contributed by atoms with Gasteiger partial charge in [0.2, 0.25) is 0 Å². The van der Waals surface area contributed by atoms with Crippen molar-refractivity contribution in [2.75, 3.05) is 4.90 Å². The molecule has 0 saturated carbocycles. The number of rotatable bonds is 4. The minimum absolute atomic E-state index is 0.883. The van der Waals surface area contributed by atoms with Gasteiger partial charge in [-0.05, 0) is 81.2 Å². The number of hydrogen-bond donors (Lipinski definition) is 0. The van der Waals surface area contributed by atoms with Gasteiger partial charge in [-0.1, -0.05) is 109 Å². The van der Waals surface area contributed by atoms with Crippen molar-refractivity contribution in [3.63, 3.8) is 0 Å². The average Bonchev–Trinajstić information content (AvgIpc) is 3.71. The number of fused-ring (bicyclic) bond motifs is 9. The largest absolute Gasteiger partial charge is 0.456 e. The second-order valence-corrected chi connectivity index (χ2v) is 13.2.